The summed E-state index contributed by atoms with van der Waals surface area (Å²) >= 11 is 0. The van der Waals surface area contributed by atoms with Gasteiger partial charge in [-0.05, 0) is 32.2 Å². The number of nitrogens with zero attached hydrogens (tertiary/aromatic N) is 1. The second-order valence-corrected chi connectivity index (χ2v) is 4.17. The van der Waals surface area contributed by atoms with Gasteiger partial charge < -0.3 is 5.11 Å². The van der Waals surface area contributed by atoms with Crippen LogP contribution in [0.25, 0.3) is 0 Å². The van der Waals surface area contributed by atoms with Crippen LogP contribution in [0.3, 0.4) is 0 Å². The second kappa shape index (κ2) is 3.66. The van der Waals surface area contributed by atoms with Gasteiger partial charge in [-0.2, -0.15) is 0 Å². The lowest BCUT2D eigenvalue weighted by molar-refractivity contribution is -0.142. The third-order valence-corrected chi connectivity index (χ3v) is 3.37. The van der Waals surface area contributed by atoms with Crippen molar-refractivity contribution in [3.8, 4) is 0 Å². The zero-order valence-corrected chi connectivity index (χ0v) is 7.91. The quantitative estimate of drug-likeness (QED) is 0.705. The summed E-state index contributed by atoms with van der Waals surface area (Å²) < 4.78 is 0. The Bertz CT molecular complexity index is 199. The van der Waals surface area contributed by atoms with E-state index in [0.29, 0.717) is 6.04 Å². The fourth-order valence-corrected chi connectivity index (χ4v) is 2.73. The van der Waals surface area contributed by atoms with Crippen LogP contribution < -0.4 is 0 Å². The predicted octanol–water partition coefficient (Wildman–Crippen LogP) is 1.48. The van der Waals surface area contributed by atoms with Gasteiger partial charge in [-0.25, -0.2) is 0 Å². The van der Waals surface area contributed by atoms with Gasteiger partial charge in [-0.3, -0.25) is 9.69 Å². The molecule has 2 rings (SSSR count). The molecule has 0 amide bonds. The minimum absolute atomic E-state index is 0.178. The highest BCUT2D eigenvalue weighted by Crippen LogP contribution is 2.29. The van der Waals surface area contributed by atoms with E-state index in [4.69, 9.17) is 5.11 Å². The average molecular weight is 183 g/mol. The van der Waals surface area contributed by atoms with Crippen LogP contribution in [-0.4, -0.2) is 34.6 Å². The van der Waals surface area contributed by atoms with Gasteiger partial charge in [0, 0.05) is 6.04 Å². The standard InChI is InChI=1S/C10H17NO2/c12-10(13)9-6-3-7-11(9)8-4-1-2-5-8/h8-9H,1-7H2,(H,12,13)/t9-/m1/s1. The molecule has 0 bridgehead atoms. The first kappa shape index (κ1) is 9.00. The Hall–Kier alpha value is -0.570. The van der Waals surface area contributed by atoms with Crippen molar-refractivity contribution in [1.29, 1.82) is 0 Å². The SMILES string of the molecule is O=C(O)[C@H]1CCCN1C1CCCC1. The van der Waals surface area contributed by atoms with Crippen molar-refractivity contribution in [2.75, 3.05) is 6.54 Å². The van der Waals surface area contributed by atoms with Gasteiger partial charge in [0.05, 0.1) is 0 Å². The van der Waals surface area contributed by atoms with Gasteiger partial charge in [-0.15, -0.1) is 0 Å². The van der Waals surface area contributed by atoms with Crippen LogP contribution in [0.2, 0.25) is 0 Å². The molecule has 0 radical (unpaired) electrons. The van der Waals surface area contributed by atoms with E-state index in [1.165, 1.54) is 25.7 Å². The van der Waals surface area contributed by atoms with Crippen LogP contribution >= 0.6 is 0 Å². The van der Waals surface area contributed by atoms with Crippen LogP contribution in [0.1, 0.15) is 38.5 Å². The third-order valence-electron chi connectivity index (χ3n) is 3.37. The molecule has 0 aromatic rings. The Labute approximate surface area is 78.7 Å². The maximum absolute atomic E-state index is 10.9. The molecular weight excluding hydrogens is 166 g/mol. The summed E-state index contributed by atoms with van der Waals surface area (Å²) in [6.45, 7) is 1.00. The molecule has 3 nitrogen and oxygen atoms in total. The maximum Gasteiger partial charge on any atom is 0.320 e. The van der Waals surface area contributed by atoms with Gasteiger partial charge in [-0.1, -0.05) is 12.8 Å². The first-order chi connectivity index (χ1) is 6.29. The predicted molar refractivity (Wildman–Crippen MR) is 49.6 cm³/mol. The topological polar surface area (TPSA) is 40.5 Å². The van der Waals surface area contributed by atoms with Crippen LogP contribution in [0.15, 0.2) is 0 Å². The Morgan fingerprint density at radius 1 is 1.15 bits per heavy atom. The number of carboxylic acid groups (broad SMARTS) is 1. The zero-order chi connectivity index (χ0) is 9.26. The van der Waals surface area contributed by atoms with E-state index in [1.807, 2.05) is 0 Å². The molecule has 1 heterocycles. The highest BCUT2D eigenvalue weighted by atomic mass is 16.4. The van der Waals surface area contributed by atoms with Crippen molar-refractivity contribution in [1.82, 2.24) is 4.90 Å². The molecule has 0 unspecified atom stereocenters. The number of aliphatic carboxylic acids is 1. The van der Waals surface area contributed by atoms with Crippen molar-refractivity contribution in [3.63, 3.8) is 0 Å². The largest absolute Gasteiger partial charge is 0.480 e. The lowest BCUT2D eigenvalue weighted by Gasteiger charge is -2.27. The molecule has 1 aliphatic heterocycles. The molecule has 0 aromatic heterocycles. The van der Waals surface area contributed by atoms with Gasteiger partial charge in [0.2, 0.25) is 0 Å². The van der Waals surface area contributed by atoms with Crippen LogP contribution in [-0.2, 0) is 4.79 Å². The van der Waals surface area contributed by atoms with Gasteiger partial charge in [0.15, 0.2) is 0 Å². The summed E-state index contributed by atoms with van der Waals surface area (Å²) in [5.74, 6) is -0.621. The fraction of sp³-hybridized carbons (Fsp3) is 0.900. The minimum Gasteiger partial charge on any atom is -0.480 e. The van der Waals surface area contributed by atoms with Crippen LogP contribution in [0.5, 0.6) is 0 Å². The first-order valence-corrected chi connectivity index (χ1v) is 5.27. The van der Waals surface area contributed by atoms with E-state index in [-0.39, 0.29) is 6.04 Å². The van der Waals surface area contributed by atoms with E-state index in [2.05, 4.69) is 4.90 Å². The maximum atomic E-state index is 10.9. The third kappa shape index (κ3) is 1.70. The van der Waals surface area contributed by atoms with Crippen molar-refractivity contribution in [3.05, 3.63) is 0 Å². The van der Waals surface area contributed by atoms with Crippen molar-refractivity contribution in [2.24, 2.45) is 0 Å². The summed E-state index contributed by atoms with van der Waals surface area (Å²) in [5.41, 5.74) is 0. The Morgan fingerprint density at radius 2 is 1.85 bits per heavy atom. The molecule has 13 heavy (non-hydrogen) atoms. The molecule has 3 heteroatoms. The molecule has 1 saturated carbocycles. The highest BCUT2D eigenvalue weighted by Gasteiger charge is 2.36. The second-order valence-electron chi connectivity index (χ2n) is 4.17. The van der Waals surface area contributed by atoms with Gasteiger partial charge in [0.25, 0.3) is 0 Å². The Morgan fingerprint density at radius 3 is 2.46 bits per heavy atom. The molecule has 1 saturated heterocycles. The molecule has 1 atom stereocenters. The van der Waals surface area contributed by atoms with Crippen LogP contribution in [0, 0.1) is 0 Å². The van der Waals surface area contributed by atoms with Crippen molar-refractivity contribution in [2.45, 2.75) is 50.6 Å². The fourth-order valence-electron chi connectivity index (χ4n) is 2.73. The van der Waals surface area contributed by atoms with E-state index < -0.39 is 5.97 Å². The number of likely N-dealkylation sites (tertiary alicyclic amines) is 1. The molecule has 0 spiro atoms. The monoisotopic (exact) mass is 183 g/mol. The van der Waals surface area contributed by atoms with Crippen LogP contribution in [0.4, 0.5) is 0 Å². The Balaban J connectivity index is 2.00. The van der Waals surface area contributed by atoms with E-state index >= 15 is 0 Å². The average Bonchev–Trinajstić information content (AvgIpc) is 2.74. The molecule has 1 aliphatic carbocycles. The highest BCUT2D eigenvalue weighted by molar-refractivity contribution is 5.73. The van der Waals surface area contributed by atoms with Crippen molar-refractivity contribution < 1.29 is 9.90 Å². The molecule has 74 valence electrons. The Kier molecular flexibility index (Phi) is 2.54. The number of carbonyl (C=O) groups is 1. The van der Waals surface area contributed by atoms with E-state index in [0.717, 1.165) is 19.4 Å². The summed E-state index contributed by atoms with van der Waals surface area (Å²) in [6, 6.07) is 0.395. The molecule has 1 N–H and O–H groups in total. The van der Waals surface area contributed by atoms with Gasteiger partial charge in [0.1, 0.15) is 6.04 Å². The first-order valence-electron chi connectivity index (χ1n) is 5.27. The number of rotatable bonds is 2. The minimum atomic E-state index is -0.621. The number of hydrogen-bond donors (Lipinski definition) is 1. The molecule has 0 aromatic carbocycles. The lowest BCUT2D eigenvalue weighted by Crippen LogP contribution is -2.41. The summed E-state index contributed by atoms with van der Waals surface area (Å²) in [4.78, 5) is 13.1. The lowest BCUT2D eigenvalue weighted by atomic mass is 10.1. The van der Waals surface area contributed by atoms with E-state index in [9.17, 15) is 4.79 Å². The van der Waals surface area contributed by atoms with Gasteiger partial charge >= 0.3 is 5.97 Å². The normalized spacial score (nSPS) is 31.2. The summed E-state index contributed by atoms with van der Waals surface area (Å²) in [6.07, 6.45) is 6.91. The smallest absolute Gasteiger partial charge is 0.320 e. The number of hydrogen-bond acceptors (Lipinski definition) is 2. The molecular formula is C10H17NO2. The zero-order valence-electron chi connectivity index (χ0n) is 7.91. The summed E-state index contributed by atoms with van der Waals surface area (Å²) in [5, 5.41) is 9.00. The van der Waals surface area contributed by atoms with Crippen molar-refractivity contribution >= 4 is 5.97 Å². The molecule has 2 fully saturated rings. The van der Waals surface area contributed by atoms with E-state index in [1.54, 1.807) is 0 Å². The number of carboxylic acids is 1. The molecule has 2 aliphatic rings. The summed E-state index contributed by atoms with van der Waals surface area (Å²) in [7, 11) is 0.